The van der Waals surface area contributed by atoms with Crippen molar-refractivity contribution in [3.8, 4) is 34.0 Å². The number of allylic oxidation sites excluding steroid dienone is 1. The van der Waals surface area contributed by atoms with Crippen LogP contribution in [0.5, 0.6) is 11.5 Å². The van der Waals surface area contributed by atoms with E-state index in [1.54, 1.807) is 35.4 Å². The fourth-order valence-corrected chi connectivity index (χ4v) is 5.42. The van der Waals surface area contributed by atoms with Crippen LogP contribution in [0.15, 0.2) is 43.4 Å². The number of aliphatic hydroxyl groups excluding tert-OH is 1. The van der Waals surface area contributed by atoms with Crippen molar-refractivity contribution in [3.05, 3.63) is 53.4 Å². The van der Waals surface area contributed by atoms with Crippen molar-refractivity contribution in [1.82, 2.24) is 24.7 Å². The number of carbonyl (C=O) groups is 1. The van der Waals surface area contributed by atoms with E-state index >= 15 is 0 Å². The lowest BCUT2D eigenvalue weighted by molar-refractivity contribution is -0.115. The van der Waals surface area contributed by atoms with Crippen molar-refractivity contribution >= 4 is 45.8 Å². The summed E-state index contributed by atoms with van der Waals surface area (Å²) in [5.74, 6) is 1.03. The molecular weight excluding hydrogens is 571 g/mol. The number of nitrogens with one attached hydrogen (secondary N) is 1. The normalized spacial score (nSPS) is 16.6. The van der Waals surface area contributed by atoms with Gasteiger partial charge in [0.2, 0.25) is 5.95 Å². The first-order valence-electron chi connectivity index (χ1n) is 12.8. The van der Waals surface area contributed by atoms with E-state index < -0.39 is 0 Å². The number of methoxy groups -OCH3 is 2. The number of benzene rings is 1. The Labute approximate surface area is 246 Å². The Kier molecular flexibility index (Phi) is 8.69. The van der Waals surface area contributed by atoms with Crippen molar-refractivity contribution in [2.45, 2.75) is 19.0 Å². The summed E-state index contributed by atoms with van der Waals surface area (Å²) in [7, 11) is 3.01. The first-order valence-corrected chi connectivity index (χ1v) is 13.5. The minimum atomic E-state index is -0.152. The van der Waals surface area contributed by atoms with Crippen molar-refractivity contribution < 1.29 is 24.1 Å². The Morgan fingerprint density at radius 2 is 1.95 bits per heavy atom. The third-order valence-electron chi connectivity index (χ3n) is 6.84. The number of halogens is 2. The molecule has 214 valence electrons. The first-order chi connectivity index (χ1) is 19.9. The van der Waals surface area contributed by atoms with Gasteiger partial charge >= 0.3 is 0 Å². The second-order valence-corrected chi connectivity index (χ2v) is 10.2. The molecule has 2 atom stereocenters. The Balaban J connectivity index is 1.63. The van der Waals surface area contributed by atoms with Crippen molar-refractivity contribution in [3.63, 3.8) is 0 Å². The van der Waals surface area contributed by atoms with Gasteiger partial charge in [-0.25, -0.2) is 15.0 Å². The summed E-state index contributed by atoms with van der Waals surface area (Å²) in [5, 5.41) is 18.3. The second-order valence-electron chi connectivity index (χ2n) is 9.41. The van der Waals surface area contributed by atoms with Crippen LogP contribution in [0.1, 0.15) is 6.42 Å². The van der Waals surface area contributed by atoms with Gasteiger partial charge in [0.1, 0.15) is 22.7 Å². The van der Waals surface area contributed by atoms with Gasteiger partial charge in [-0.15, -0.1) is 0 Å². The van der Waals surface area contributed by atoms with Crippen LogP contribution in [0.25, 0.3) is 33.4 Å². The monoisotopic (exact) mass is 598 g/mol. The zero-order valence-corrected chi connectivity index (χ0v) is 23.9. The molecular formula is C28H28Cl2N6O5. The second kappa shape index (κ2) is 12.4. The highest BCUT2D eigenvalue weighted by molar-refractivity contribution is 6.41. The van der Waals surface area contributed by atoms with Crippen molar-refractivity contribution in [1.29, 1.82) is 0 Å². The number of hydrogen-bond donors (Lipinski definition) is 2. The molecule has 2 N–H and O–H groups in total. The van der Waals surface area contributed by atoms with Gasteiger partial charge in [0.05, 0.1) is 68.6 Å². The number of anilines is 1. The molecule has 41 heavy (non-hydrogen) atoms. The number of aliphatic hydroxyl groups is 1. The van der Waals surface area contributed by atoms with Crippen LogP contribution in [-0.2, 0) is 16.1 Å². The summed E-state index contributed by atoms with van der Waals surface area (Å²) in [6.07, 6.45) is 6.74. The van der Waals surface area contributed by atoms with E-state index in [1.165, 1.54) is 20.3 Å². The molecule has 0 bridgehead atoms. The lowest BCUT2D eigenvalue weighted by atomic mass is 9.97. The number of hydrogen-bond acceptors (Lipinski definition) is 10. The van der Waals surface area contributed by atoms with Gasteiger partial charge in [-0.1, -0.05) is 29.8 Å². The summed E-state index contributed by atoms with van der Waals surface area (Å²) in [5.41, 5.74) is 2.59. The van der Waals surface area contributed by atoms with Crippen molar-refractivity contribution in [2.75, 3.05) is 39.4 Å². The van der Waals surface area contributed by atoms with Crippen LogP contribution >= 0.6 is 23.2 Å². The van der Waals surface area contributed by atoms with E-state index in [-0.39, 0.29) is 34.4 Å². The minimum Gasteiger partial charge on any atom is -0.495 e. The molecule has 1 aliphatic heterocycles. The smallest absolute Gasteiger partial charge is 0.223 e. The summed E-state index contributed by atoms with van der Waals surface area (Å²) < 4.78 is 18.1. The molecule has 0 saturated carbocycles. The van der Waals surface area contributed by atoms with Gasteiger partial charge in [0, 0.05) is 47.3 Å². The molecule has 0 amide bonds. The molecule has 4 heterocycles. The third-order valence-corrected chi connectivity index (χ3v) is 7.59. The molecule has 1 saturated heterocycles. The van der Waals surface area contributed by atoms with E-state index in [1.807, 2.05) is 0 Å². The summed E-state index contributed by atoms with van der Waals surface area (Å²) in [6, 6.07) is 3.25. The lowest BCUT2D eigenvalue weighted by Crippen LogP contribution is -2.30. The number of rotatable bonds is 11. The average Bonchev–Trinajstić information content (AvgIpc) is 3.62. The lowest BCUT2D eigenvalue weighted by Gasteiger charge is -2.19. The Morgan fingerprint density at radius 3 is 2.63 bits per heavy atom. The van der Waals surface area contributed by atoms with Gasteiger partial charge in [-0.3, -0.25) is 9.48 Å². The van der Waals surface area contributed by atoms with Crippen LogP contribution in [0.2, 0.25) is 10.0 Å². The van der Waals surface area contributed by atoms with Gasteiger partial charge < -0.3 is 24.6 Å². The zero-order valence-electron chi connectivity index (χ0n) is 22.4. The van der Waals surface area contributed by atoms with Crippen LogP contribution in [-0.4, -0.2) is 75.7 Å². The van der Waals surface area contributed by atoms with Crippen LogP contribution < -0.4 is 14.8 Å². The molecule has 1 fully saturated rings. The molecule has 1 aromatic carbocycles. The fourth-order valence-electron chi connectivity index (χ4n) is 4.73. The van der Waals surface area contributed by atoms with E-state index in [0.717, 1.165) is 0 Å². The highest BCUT2D eigenvalue weighted by atomic mass is 35.5. The maximum absolute atomic E-state index is 12.0. The predicted octanol–water partition coefficient (Wildman–Crippen LogP) is 4.44. The molecule has 0 radical (unpaired) electrons. The van der Waals surface area contributed by atoms with E-state index in [4.69, 9.17) is 47.4 Å². The fraction of sp³-hybridized carbons (Fsp3) is 0.321. The van der Waals surface area contributed by atoms with Gasteiger partial charge in [-0.05, 0) is 12.1 Å². The largest absolute Gasteiger partial charge is 0.495 e. The van der Waals surface area contributed by atoms with Crippen molar-refractivity contribution in [2.24, 2.45) is 5.92 Å². The number of carbonyl (C=O) groups excluding carboxylic acids is 1. The third kappa shape index (κ3) is 5.84. The summed E-state index contributed by atoms with van der Waals surface area (Å²) >= 11 is 13.4. The molecule has 1 aliphatic rings. The minimum absolute atomic E-state index is 0.0381. The van der Waals surface area contributed by atoms with Crippen LogP contribution in [0, 0.1) is 5.92 Å². The number of ketones is 1. The molecule has 11 nitrogen and oxygen atoms in total. The van der Waals surface area contributed by atoms with E-state index in [0.29, 0.717) is 77.0 Å². The number of nitrogens with zero attached hydrogens (tertiary/aromatic N) is 5. The number of aromatic nitrogens is 5. The molecule has 0 aliphatic carbocycles. The zero-order chi connectivity index (χ0) is 29.1. The number of ether oxygens (including phenoxy) is 3. The summed E-state index contributed by atoms with van der Waals surface area (Å²) in [4.78, 5) is 26.2. The number of pyridine rings is 1. The maximum atomic E-state index is 12.0. The molecule has 4 aromatic rings. The van der Waals surface area contributed by atoms with Crippen LogP contribution in [0.3, 0.4) is 0 Å². The highest BCUT2D eigenvalue weighted by Crippen LogP contribution is 2.46. The molecule has 0 unspecified atom stereocenters. The van der Waals surface area contributed by atoms with Gasteiger partial charge in [0.25, 0.3) is 0 Å². The highest BCUT2D eigenvalue weighted by Gasteiger charge is 2.30. The van der Waals surface area contributed by atoms with E-state index in [9.17, 15) is 9.90 Å². The standard InChI is InChI=1S/C28H28Cl2N6O5/c1-4-18(38)7-16-13-41-14-20(16)34-28-31-10-15-8-19(23-24(29)21(39-2)9-22(40-3)25(23)30)33-27(26(15)35-28)17-11-32-36(12-17)5-6-37/h4,8-12,16,20,37H,1,5-7,13-14H2,2-3H3,(H,31,34,35)/t16-,20+/m0/s1. The van der Waals surface area contributed by atoms with E-state index in [2.05, 4.69) is 22.0 Å². The topological polar surface area (TPSA) is 134 Å². The average molecular weight is 599 g/mol. The van der Waals surface area contributed by atoms with Gasteiger partial charge in [-0.2, -0.15) is 5.10 Å². The Bertz CT molecular complexity index is 1580. The SMILES string of the molecule is C=CC(=O)C[C@H]1COC[C@H]1Nc1ncc2cc(-c3c(Cl)c(OC)cc(OC)c3Cl)nc(-c3cnn(CCO)c3)c2n1. The Morgan fingerprint density at radius 1 is 1.20 bits per heavy atom. The van der Waals surface area contributed by atoms with Gasteiger partial charge in [0.15, 0.2) is 5.78 Å². The predicted molar refractivity (Wildman–Crippen MR) is 156 cm³/mol. The molecule has 3 aromatic heterocycles. The molecule has 13 heteroatoms. The maximum Gasteiger partial charge on any atom is 0.223 e. The van der Waals surface area contributed by atoms with Crippen LogP contribution in [0.4, 0.5) is 5.95 Å². The number of fused-ring (bicyclic) bond motifs is 1. The first kappa shape index (κ1) is 28.7. The quantitative estimate of drug-likeness (QED) is 0.238. The molecule has 5 rings (SSSR count). The summed E-state index contributed by atoms with van der Waals surface area (Å²) in [6.45, 7) is 4.68. The Hall–Kier alpha value is -3.77. The molecule has 0 spiro atoms.